The van der Waals surface area contributed by atoms with Crippen molar-refractivity contribution in [1.82, 2.24) is 4.57 Å². The second-order valence-corrected chi connectivity index (χ2v) is 6.09. The van der Waals surface area contributed by atoms with Gasteiger partial charge in [-0.2, -0.15) is 0 Å². The van der Waals surface area contributed by atoms with Crippen LogP contribution in [0.5, 0.6) is 0 Å². The van der Waals surface area contributed by atoms with E-state index in [4.69, 9.17) is 0 Å². The van der Waals surface area contributed by atoms with Crippen LogP contribution in [0.2, 0.25) is 0 Å². The minimum Gasteiger partial charge on any atom is -0.320 e. The Morgan fingerprint density at radius 1 is 1.10 bits per heavy atom. The molecular weight excluding hydrogens is 260 g/mol. The lowest BCUT2D eigenvalue weighted by atomic mass is 9.76. The second kappa shape index (κ2) is 4.27. The van der Waals surface area contributed by atoms with Crippen LogP contribution >= 0.6 is 0 Å². The molecule has 1 aromatic heterocycles. The van der Waals surface area contributed by atoms with E-state index < -0.39 is 11.6 Å². The van der Waals surface area contributed by atoms with Crippen LogP contribution < -0.4 is 0 Å². The maximum absolute atomic E-state index is 13.4. The highest BCUT2D eigenvalue weighted by molar-refractivity contribution is 5.99. The van der Waals surface area contributed by atoms with Crippen molar-refractivity contribution in [2.24, 2.45) is 5.41 Å². The van der Waals surface area contributed by atoms with Gasteiger partial charge in [0.25, 0.3) is 0 Å². The summed E-state index contributed by atoms with van der Waals surface area (Å²) in [7, 11) is 0. The molecule has 4 heteroatoms. The molecule has 0 amide bonds. The zero-order valence-electron chi connectivity index (χ0n) is 11.4. The molecule has 104 valence electrons. The van der Waals surface area contributed by atoms with Crippen LogP contribution in [0.4, 0.5) is 8.78 Å². The van der Waals surface area contributed by atoms with Gasteiger partial charge in [-0.1, -0.05) is 13.8 Å². The average molecular weight is 275 g/mol. The van der Waals surface area contributed by atoms with Crippen LogP contribution in [0.25, 0.3) is 5.69 Å². The van der Waals surface area contributed by atoms with Gasteiger partial charge in [0.15, 0.2) is 17.4 Å². The van der Waals surface area contributed by atoms with Crippen molar-refractivity contribution in [1.29, 1.82) is 0 Å². The minimum atomic E-state index is -0.883. The largest absolute Gasteiger partial charge is 0.320 e. The molecule has 2 nitrogen and oxygen atoms in total. The standard InChI is InChI=1S/C16H15F2NO/c1-16(2)8-14-11(15(20)9-16)5-6-19(14)10-3-4-12(17)13(18)7-10/h3-7H,8-9H2,1-2H3. The van der Waals surface area contributed by atoms with Crippen molar-refractivity contribution < 1.29 is 13.6 Å². The van der Waals surface area contributed by atoms with Crippen LogP contribution in [-0.4, -0.2) is 10.4 Å². The molecule has 0 bridgehead atoms. The number of benzene rings is 1. The van der Waals surface area contributed by atoms with Crippen LogP contribution in [0.3, 0.4) is 0 Å². The molecule has 1 aliphatic rings. The Bertz CT molecular complexity index is 700. The van der Waals surface area contributed by atoms with Gasteiger partial charge in [0.2, 0.25) is 0 Å². The fraction of sp³-hybridized carbons (Fsp3) is 0.312. The van der Waals surface area contributed by atoms with Gasteiger partial charge < -0.3 is 4.57 Å². The molecule has 0 spiro atoms. The van der Waals surface area contributed by atoms with Gasteiger partial charge in [-0.25, -0.2) is 8.78 Å². The molecule has 20 heavy (non-hydrogen) atoms. The van der Waals surface area contributed by atoms with Crippen LogP contribution in [-0.2, 0) is 6.42 Å². The predicted molar refractivity (Wildman–Crippen MR) is 72.1 cm³/mol. The Balaban J connectivity index is 2.13. The molecule has 0 atom stereocenters. The quantitative estimate of drug-likeness (QED) is 0.773. The van der Waals surface area contributed by atoms with Crippen molar-refractivity contribution in [2.75, 3.05) is 0 Å². The van der Waals surface area contributed by atoms with E-state index in [0.717, 1.165) is 24.2 Å². The van der Waals surface area contributed by atoms with Crippen molar-refractivity contribution >= 4 is 5.78 Å². The van der Waals surface area contributed by atoms with Gasteiger partial charge in [0.1, 0.15) is 0 Å². The number of carbonyl (C=O) groups excluding carboxylic acids is 1. The number of hydrogen-bond donors (Lipinski definition) is 0. The lowest BCUT2D eigenvalue weighted by Gasteiger charge is -2.29. The molecule has 1 aromatic carbocycles. The zero-order chi connectivity index (χ0) is 14.5. The normalized spacial score (nSPS) is 17.1. The maximum Gasteiger partial charge on any atom is 0.165 e. The first kappa shape index (κ1) is 13.0. The summed E-state index contributed by atoms with van der Waals surface area (Å²) in [6.45, 7) is 4.08. The molecule has 0 aliphatic heterocycles. The topological polar surface area (TPSA) is 22.0 Å². The highest BCUT2D eigenvalue weighted by Gasteiger charge is 2.33. The molecule has 2 aromatic rings. The molecule has 0 fully saturated rings. The molecule has 0 saturated heterocycles. The fourth-order valence-electron chi connectivity index (χ4n) is 2.82. The Labute approximate surface area is 116 Å². The van der Waals surface area contributed by atoms with Gasteiger partial charge in [-0.3, -0.25) is 4.79 Å². The molecule has 0 saturated carbocycles. The lowest BCUT2D eigenvalue weighted by Crippen LogP contribution is -2.27. The molecular formula is C16H15F2NO. The summed E-state index contributed by atoms with van der Waals surface area (Å²) < 4.78 is 28.2. The summed E-state index contributed by atoms with van der Waals surface area (Å²) in [5.74, 6) is -1.64. The third-order valence-electron chi connectivity index (χ3n) is 3.76. The predicted octanol–water partition coefficient (Wildman–Crippen LogP) is 3.91. The maximum atomic E-state index is 13.4. The summed E-state index contributed by atoms with van der Waals surface area (Å²) in [4.78, 5) is 12.1. The molecule has 1 aliphatic carbocycles. The summed E-state index contributed by atoms with van der Waals surface area (Å²) >= 11 is 0. The third kappa shape index (κ3) is 2.05. The van der Waals surface area contributed by atoms with Crippen LogP contribution in [0.15, 0.2) is 30.5 Å². The van der Waals surface area contributed by atoms with Crippen LogP contribution in [0.1, 0.15) is 36.3 Å². The van der Waals surface area contributed by atoms with E-state index in [2.05, 4.69) is 0 Å². The Morgan fingerprint density at radius 3 is 2.55 bits per heavy atom. The molecule has 0 N–H and O–H groups in total. The number of carbonyl (C=O) groups is 1. The van der Waals surface area contributed by atoms with Crippen LogP contribution in [0, 0.1) is 17.0 Å². The van der Waals surface area contributed by atoms with Crippen molar-refractivity contribution in [3.05, 3.63) is 53.4 Å². The Kier molecular flexibility index (Phi) is 2.78. The van der Waals surface area contributed by atoms with Gasteiger partial charge in [0.05, 0.1) is 0 Å². The zero-order valence-corrected chi connectivity index (χ0v) is 11.4. The van der Waals surface area contributed by atoms with Gasteiger partial charge in [-0.15, -0.1) is 0 Å². The number of Topliss-reactive ketones (excluding diaryl/α,β-unsaturated/α-hetero) is 1. The van der Waals surface area contributed by atoms with Crippen molar-refractivity contribution in [2.45, 2.75) is 26.7 Å². The smallest absolute Gasteiger partial charge is 0.165 e. The monoisotopic (exact) mass is 275 g/mol. The fourth-order valence-corrected chi connectivity index (χ4v) is 2.82. The van der Waals surface area contributed by atoms with E-state index in [0.29, 0.717) is 17.7 Å². The first-order chi connectivity index (χ1) is 9.37. The highest BCUT2D eigenvalue weighted by atomic mass is 19.2. The molecule has 0 radical (unpaired) electrons. The Hall–Kier alpha value is -1.97. The number of rotatable bonds is 1. The lowest BCUT2D eigenvalue weighted by molar-refractivity contribution is 0.0911. The SMILES string of the molecule is CC1(C)CC(=O)c2ccn(-c3ccc(F)c(F)c3)c2C1. The van der Waals surface area contributed by atoms with E-state index in [1.807, 2.05) is 13.8 Å². The summed E-state index contributed by atoms with van der Waals surface area (Å²) in [5, 5.41) is 0. The van der Waals surface area contributed by atoms with E-state index >= 15 is 0 Å². The van der Waals surface area contributed by atoms with E-state index in [9.17, 15) is 13.6 Å². The van der Waals surface area contributed by atoms with Gasteiger partial charge >= 0.3 is 0 Å². The number of fused-ring (bicyclic) bond motifs is 1. The first-order valence-electron chi connectivity index (χ1n) is 6.56. The van der Waals surface area contributed by atoms with Crippen molar-refractivity contribution in [3.8, 4) is 5.69 Å². The highest BCUT2D eigenvalue weighted by Crippen LogP contribution is 2.36. The third-order valence-corrected chi connectivity index (χ3v) is 3.76. The van der Waals surface area contributed by atoms with E-state index in [1.54, 1.807) is 16.8 Å². The van der Waals surface area contributed by atoms with E-state index in [1.165, 1.54) is 6.07 Å². The minimum absolute atomic E-state index is 0.109. The number of halogens is 2. The van der Waals surface area contributed by atoms with Gasteiger partial charge in [-0.05, 0) is 30.0 Å². The van der Waals surface area contributed by atoms with Gasteiger partial charge in [0, 0.05) is 35.6 Å². The molecule has 3 rings (SSSR count). The summed E-state index contributed by atoms with van der Waals surface area (Å²) in [5.41, 5.74) is 1.99. The number of nitrogens with zero attached hydrogens (tertiary/aromatic N) is 1. The molecule has 0 unspecified atom stereocenters. The summed E-state index contributed by atoms with van der Waals surface area (Å²) in [6.07, 6.45) is 3.00. The first-order valence-corrected chi connectivity index (χ1v) is 6.56. The van der Waals surface area contributed by atoms with Crippen molar-refractivity contribution in [3.63, 3.8) is 0 Å². The summed E-state index contributed by atoms with van der Waals surface area (Å²) in [6, 6.07) is 5.54. The van der Waals surface area contributed by atoms with E-state index in [-0.39, 0.29) is 11.2 Å². The Morgan fingerprint density at radius 2 is 1.85 bits per heavy atom. The number of hydrogen-bond acceptors (Lipinski definition) is 1. The second-order valence-electron chi connectivity index (χ2n) is 6.09. The average Bonchev–Trinajstić information content (AvgIpc) is 2.75. The molecule has 1 heterocycles. The number of aromatic nitrogens is 1. The number of ketones is 1.